The molecule has 2 aromatic carbocycles. The van der Waals surface area contributed by atoms with E-state index in [1.54, 1.807) is 48.3 Å². The van der Waals surface area contributed by atoms with Crippen LogP contribution in [-0.2, 0) is 11.3 Å². The van der Waals surface area contributed by atoms with Crippen LogP contribution >= 0.6 is 35.0 Å². The van der Waals surface area contributed by atoms with E-state index >= 15 is 0 Å². The van der Waals surface area contributed by atoms with Crippen molar-refractivity contribution in [3.8, 4) is 0 Å². The smallest absolute Gasteiger partial charge is 0.248 e. The molecule has 0 saturated carbocycles. The molecule has 0 saturated heterocycles. The quantitative estimate of drug-likeness (QED) is 0.771. The fraction of sp³-hybridized carbons (Fsp3) is 0.176. The summed E-state index contributed by atoms with van der Waals surface area (Å²) in [5.41, 5.74) is 6.53. The molecule has 0 radical (unpaired) electrons. The van der Waals surface area contributed by atoms with E-state index in [0.29, 0.717) is 22.2 Å². The van der Waals surface area contributed by atoms with Crippen LogP contribution in [0.5, 0.6) is 0 Å². The number of thioether (sulfide) groups is 1. The molecule has 0 spiro atoms. The lowest BCUT2D eigenvalue weighted by Crippen LogP contribution is -2.28. The molecule has 0 aliphatic heterocycles. The highest BCUT2D eigenvalue weighted by Gasteiger charge is 2.12. The maximum absolute atomic E-state index is 12.3. The molecule has 2 aromatic rings. The number of benzene rings is 2. The minimum atomic E-state index is -0.489. The molecule has 2 amide bonds. The summed E-state index contributed by atoms with van der Waals surface area (Å²) >= 11 is 13.4. The zero-order valence-corrected chi connectivity index (χ0v) is 15.3. The van der Waals surface area contributed by atoms with Crippen molar-refractivity contribution in [2.24, 2.45) is 5.73 Å². The second-order valence-electron chi connectivity index (χ2n) is 5.18. The van der Waals surface area contributed by atoms with Crippen LogP contribution in [0.4, 0.5) is 0 Å². The van der Waals surface area contributed by atoms with Crippen molar-refractivity contribution in [3.63, 3.8) is 0 Å². The van der Waals surface area contributed by atoms with Crippen LogP contribution in [0.2, 0.25) is 10.0 Å². The number of nitrogens with two attached hydrogens (primary N) is 1. The molecule has 0 atom stereocenters. The first-order valence-corrected chi connectivity index (χ1v) is 8.81. The molecule has 0 bridgehead atoms. The molecular weight excluding hydrogens is 367 g/mol. The van der Waals surface area contributed by atoms with Gasteiger partial charge in [-0.2, -0.15) is 0 Å². The molecule has 0 aromatic heterocycles. The van der Waals surface area contributed by atoms with Crippen molar-refractivity contribution in [2.45, 2.75) is 11.4 Å². The lowest BCUT2D eigenvalue weighted by atomic mass is 10.1. The number of rotatable bonds is 6. The molecule has 0 aliphatic rings. The third-order valence-electron chi connectivity index (χ3n) is 3.30. The molecule has 0 aliphatic carbocycles. The van der Waals surface area contributed by atoms with Crippen molar-refractivity contribution in [1.29, 1.82) is 0 Å². The van der Waals surface area contributed by atoms with E-state index < -0.39 is 5.91 Å². The normalized spacial score (nSPS) is 10.5. The highest BCUT2D eigenvalue weighted by Crippen LogP contribution is 2.30. The second kappa shape index (κ2) is 8.42. The summed E-state index contributed by atoms with van der Waals surface area (Å²) in [6.07, 6.45) is 0. The van der Waals surface area contributed by atoms with Crippen LogP contribution in [-0.4, -0.2) is 29.5 Å². The first-order chi connectivity index (χ1) is 11.4. The highest BCUT2D eigenvalue weighted by molar-refractivity contribution is 8.00. The van der Waals surface area contributed by atoms with E-state index in [-0.39, 0.29) is 11.7 Å². The lowest BCUT2D eigenvalue weighted by molar-refractivity contribution is -0.127. The van der Waals surface area contributed by atoms with Gasteiger partial charge in [-0.05, 0) is 35.9 Å². The van der Waals surface area contributed by atoms with Crippen molar-refractivity contribution in [2.75, 3.05) is 12.8 Å². The lowest BCUT2D eigenvalue weighted by Gasteiger charge is -2.17. The van der Waals surface area contributed by atoms with Crippen molar-refractivity contribution < 1.29 is 9.59 Å². The van der Waals surface area contributed by atoms with Gasteiger partial charge >= 0.3 is 0 Å². The van der Waals surface area contributed by atoms with E-state index in [0.717, 1.165) is 10.5 Å². The van der Waals surface area contributed by atoms with Crippen molar-refractivity contribution in [3.05, 3.63) is 63.6 Å². The summed E-state index contributed by atoms with van der Waals surface area (Å²) in [7, 11) is 1.71. The van der Waals surface area contributed by atoms with Gasteiger partial charge in [0.1, 0.15) is 0 Å². The standard InChI is InChI=1S/C17H16Cl2N2O2S/c1-21(9-11-3-2-4-12(7-11)17(20)23)16(22)10-24-15-8-13(18)5-6-14(15)19/h2-8H,9-10H2,1H3,(H2,20,23). The van der Waals surface area contributed by atoms with Crippen LogP contribution in [0.1, 0.15) is 15.9 Å². The molecule has 0 heterocycles. The zero-order chi connectivity index (χ0) is 17.7. The van der Waals surface area contributed by atoms with E-state index in [2.05, 4.69) is 0 Å². The Bertz CT molecular complexity index is 768. The Hall–Kier alpha value is -1.69. The summed E-state index contributed by atoms with van der Waals surface area (Å²) in [6, 6.07) is 12.1. The average molecular weight is 383 g/mol. The molecule has 2 N–H and O–H groups in total. The SMILES string of the molecule is CN(Cc1cccc(C(N)=O)c1)C(=O)CSc1cc(Cl)ccc1Cl. The maximum atomic E-state index is 12.3. The third-order valence-corrected chi connectivity index (χ3v) is 5.02. The minimum absolute atomic E-state index is 0.0551. The van der Waals surface area contributed by atoms with E-state index in [4.69, 9.17) is 28.9 Å². The predicted molar refractivity (Wildman–Crippen MR) is 98.6 cm³/mol. The van der Waals surface area contributed by atoms with Gasteiger partial charge < -0.3 is 10.6 Å². The van der Waals surface area contributed by atoms with Crippen LogP contribution < -0.4 is 5.73 Å². The molecule has 4 nitrogen and oxygen atoms in total. The molecule has 0 unspecified atom stereocenters. The summed E-state index contributed by atoms with van der Waals surface area (Å²) in [4.78, 5) is 25.8. The van der Waals surface area contributed by atoms with Crippen LogP contribution in [0.15, 0.2) is 47.4 Å². The average Bonchev–Trinajstić information content (AvgIpc) is 2.55. The Balaban J connectivity index is 1.96. The first-order valence-electron chi connectivity index (χ1n) is 7.07. The van der Waals surface area contributed by atoms with Gasteiger partial charge in [-0.15, -0.1) is 11.8 Å². The topological polar surface area (TPSA) is 63.4 Å². The van der Waals surface area contributed by atoms with Gasteiger partial charge in [-0.25, -0.2) is 0 Å². The van der Waals surface area contributed by atoms with Gasteiger partial charge in [-0.3, -0.25) is 9.59 Å². The van der Waals surface area contributed by atoms with Gasteiger partial charge in [0.15, 0.2) is 0 Å². The fourth-order valence-electron chi connectivity index (χ4n) is 2.02. The van der Waals surface area contributed by atoms with E-state index in [1.165, 1.54) is 11.8 Å². The van der Waals surface area contributed by atoms with Gasteiger partial charge in [0.05, 0.1) is 10.8 Å². The van der Waals surface area contributed by atoms with Crippen LogP contribution in [0.25, 0.3) is 0 Å². The highest BCUT2D eigenvalue weighted by atomic mass is 35.5. The summed E-state index contributed by atoms with van der Waals surface area (Å²) in [6.45, 7) is 0.393. The Kier molecular flexibility index (Phi) is 6.54. The Morgan fingerprint density at radius 3 is 2.62 bits per heavy atom. The van der Waals surface area contributed by atoms with Crippen molar-refractivity contribution in [1.82, 2.24) is 4.90 Å². The number of carbonyl (C=O) groups excluding carboxylic acids is 2. The Morgan fingerprint density at radius 2 is 1.92 bits per heavy atom. The molecular formula is C17H16Cl2N2O2S. The van der Waals surface area contributed by atoms with Gasteiger partial charge in [0.25, 0.3) is 0 Å². The fourth-order valence-corrected chi connectivity index (χ4v) is 3.46. The largest absolute Gasteiger partial charge is 0.366 e. The van der Waals surface area contributed by atoms with Crippen LogP contribution in [0.3, 0.4) is 0 Å². The van der Waals surface area contributed by atoms with Gasteiger partial charge in [0, 0.05) is 29.1 Å². The zero-order valence-electron chi connectivity index (χ0n) is 13.0. The number of nitrogens with zero attached hydrogens (tertiary/aromatic N) is 1. The molecule has 2 rings (SSSR count). The molecule has 7 heteroatoms. The maximum Gasteiger partial charge on any atom is 0.248 e. The summed E-state index contributed by atoms with van der Waals surface area (Å²) in [5.74, 6) is -0.302. The van der Waals surface area contributed by atoms with Crippen molar-refractivity contribution >= 4 is 46.8 Å². The van der Waals surface area contributed by atoms with Gasteiger partial charge in [-0.1, -0.05) is 35.3 Å². The predicted octanol–water partition coefficient (Wildman–Crippen LogP) is 3.84. The van der Waals surface area contributed by atoms with E-state index in [1.807, 2.05) is 6.07 Å². The molecule has 24 heavy (non-hydrogen) atoms. The summed E-state index contributed by atoms with van der Waals surface area (Å²) < 4.78 is 0. The number of primary amides is 1. The van der Waals surface area contributed by atoms with E-state index in [9.17, 15) is 9.59 Å². The Morgan fingerprint density at radius 1 is 1.17 bits per heavy atom. The number of carbonyl (C=O) groups is 2. The molecule has 0 fully saturated rings. The number of hydrogen-bond donors (Lipinski definition) is 1. The number of hydrogen-bond acceptors (Lipinski definition) is 3. The van der Waals surface area contributed by atoms with Crippen LogP contribution in [0, 0.1) is 0 Å². The minimum Gasteiger partial charge on any atom is -0.366 e. The monoisotopic (exact) mass is 382 g/mol. The molecule has 126 valence electrons. The Labute approximate surface area is 154 Å². The first kappa shape index (κ1) is 18.6. The number of amides is 2. The van der Waals surface area contributed by atoms with Gasteiger partial charge in [0.2, 0.25) is 11.8 Å². The number of halogens is 2. The summed E-state index contributed by atoms with van der Waals surface area (Å²) in [5, 5.41) is 1.14. The second-order valence-corrected chi connectivity index (χ2v) is 7.04. The third kappa shape index (κ3) is 5.16.